The van der Waals surface area contributed by atoms with E-state index in [9.17, 15) is 4.79 Å². The van der Waals surface area contributed by atoms with Gasteiger partial charge in [0.25, 0.3) is 5.56 Å². The number of pyridine rings is 1. The number of para-hydroxylation sites is 1. The Morgan fingerprint density at radius 2 is 1.13 bits per heavy atom. The number of Topliss-reactive ketones (excluding diaryl/α,β-unsaturated/α-hetero) is 2. The second-order valence-corrected chi connectivity index (χ2v) is 20.2. The number of benzene rings is 9. The van der Waals surface area contributed by atoms with Gasteiger partial charge < -0.3 is 4.40 Å². The summed E-state index contributed by atoms with van der Waals surface area (Å²) >= 11 is 0. The van der Waals surface area contributed by atoms with Crippen LogP contribution < -0.4 is 5.56 Å². The number of hydrogen-bond acceptors (Lipinski definition) is 3. The number of rotatable bonds is 2. The van der Waals surface area contributed by atoms with Gasteiger partial charge in [0.1, 0.15) is 0 Å². The Labute approximate surface area is 395 Å². The van der Waals surface area contributed by atoms with Gasteiger partial charge in [-0.25, -0.2) is 0 Å². The number of nitrogens with zero attached hydrogens (tertiary/aromatic N) is 2. The fourth-order valence-electron chi connectivity index (χ4n) is 14.6. The lowest BCUT2D eigenvalue weighted by molar-refractivity contribution is 0.0674. The first-order valence-electron chi connectivity index (χ1n) is 24.1. The minimum absolute atomic E-state index is 0.0147. The maximum atomic E-state index is 15.7. The molecule has 12 aromatic rings. The third-order valence-corrected chi connectivity index (χ3v) is 17.4. The van der Waals surface area contributed by atoms with Gasteiger partial charge >= 0.3 is 0 Å². The third-order valence-electron chi connectivity index (χ3n) is 17.4. The molecule has 4 aliphatic carbocycles. The molecule has 3 aromatic heterocycles. The van der Waals surface area contributed by atoms with Crippen LogP contribution in [0, 0.1) is 6.92 Å². The van der Waals surface area contributed by atoms with E-state index >= 15 is 9.59 Å². The van der Waals surface area contributed by atoms with Crippen LogP contribution in [0.2, 0.25) is 0 Å². The van der Waals surface area contributed by atoms with Gasteiger partial charge in [-0.05, 0) is 123 Å². The zero-order chi connectivity index (χ0) is 45.8. The van der Waals surface area contributed by atoms with E-state index in [-0.39, 0.29) is 29.0 Å². The molecule has 5 nitrogen and oxygen atoms in total. The predicted octanol–water partition coefficient (Wildman–Crippen LogP) is 13.4. The van der Waals surface area contributed by atoms with Gasteiger partial charge in [-0.15, -0.1) is 0 Å². The number of fused-ring (bicyclic) bond motifs is 18. The van der Waals surface area contributed by atoms with E-state index < -0.39 is 10.8 Å². The van der Waals surface area contributed by atoms with Crippen molar-refractivity contribution in [1.29, 1.82) is 0 Å². The first kappa shape index (κ1) is 37.7. The Bertz CT molecular complexity index is 4460. The molecule has 4 aliphatic rings. The smallest absolute Gasteiger partial charge is 0.263 e. The van der Waals surface area contributed by atoms with Crippen LogP contribution in [0.25, 0.3) is 65.5 Å². The van der Waals surface area contributed by atoms with Crippen LogP contribution in [0.5, 0.6) is 0 Å². The topological polar surface area (TPSA) is 60.6 Å². The second kappa shape index (κ2) is 12.6. The maximum Gasteiger partial charge on any atom is 0.263 e. The van der Waals surface area contributed by atoms with Crippen LogP contribution in [-0.4, -0.2) is 20.5 Å². The highest BCUT2D eigenvalue weighted by molar-refractivity contribution is 6.35. The van der Waals surface area contributed by atoms with Crippen molar-refractivity contribution in [3.63, 3.8) is 0 Å². The van der Waals surface area contributed by atoms with E-state index in [0.717, 1.165) is 99.0 Å². The summed E-state index contributed by atoms with van der Waals surface area (Å²) in [6, 6.07) is 63.4. The third kappa shape index (κ3) is 4.17. The highest BCUT2D eigenvalue weighted by Gasteiger charge is 2.75. The Morgan fingerprint density at radius 3 is 1.94 bits per heavy atom. The number of carbonyl (C=O) groups is 2. The van der Waals surface area contributed by atoms with Gasteiger partial charge in [0.15, 0.2) is 11.6 Å². The van der Waals surface area contributed by atoms with Crippen LogP contribution in [0.3, 0.4) is 0 Å². The van der Waals surface area contributed by atoms with Crippen LogP contribution in [0.1, 0.15) is 95.1 Å². The summed E-state index contributed by atoms with van der Waals surface area (Å²) in [6.45, 7) is 4.34. The number of ketones is 2. The zero-order valence-corrected chi connectivity index (χ0v) is 37.8. The maximum absolute atomic E-state index is 15.7. The molecule has 0 bridgehead atoms. The quantitative estimate of drug-likeness (QED) is 0.163. The summed E-state index contributed by atoms with van der Waals surface area (Å²) < 4.78 is 4.24. The highest BCUT2D eigenvalue weighted by Crippen LogP contribution is 2.76. The molecule has 1 spiro atoms. The largest absolute Gasteiger partial charge is 0.308 e. The van der Waals surface area contributed by atoms with Crippen molar-refractivity contribution in [3.05, 3.63) is 259 Å². The summed E-state index contributed by atoms with van der Waals surface area (Å²) in [5, 5.41) is 6.55. The van der Waals surface area contributed by atoms with Crippen LogP contribution >= 0.6 is 0 Å². The van der Waals surface area contributed by atoms with E-state index in [1.165, 1.54) is 22.3 Å². The van der Waals surface area contributed by atoms with Crippen LogP contribution in [0.4, 0.5) is 0 Å². The summed E-state index contributed by atoms with van der Waals surface area (Å²) in [5.74, 6) is 0.0127. The normalized spacial score (nSPS) is 20.8. The van der Waals surface area contributed by atoms with Crippen molar-refractivity contribution < 1.29 is 9.59 Å². The first-order chi connectivity index (χ1) is 33.8. The molecule has 4 unspecified atom stereocenters. The minimum atomic E-state index is -0.744. The lowest BCUT2D eigenvalue weighted by Crippen LogP contribution is -2.71. The van der Waals surface area contributed by atoms with E-state index in [4.69, 9.17) is 0 Å². The lowest BCUT2D eigenvalue weighted by atomic mass is 9.30. The molecule has 0 saturated carbocycles. The Kier molecular flexibility index (Phi) is 6.86. The van der Waals surface area contributed by atoms with E-state index in [0.29, 0.717) is 17.4 Å². The monoisotopic (exact) mass is 884 g/mol. The standard InChI is InChI=1S/C64H40N2O3/c1-34-16-6-8-20-37(34)56-38-21-9-7-17-35(38)28-55(67)43-31-53-48(30-44(43)56)58-57-39-22-10-11-23-40(39)62(69)65(36-18-4-3-5-19-36)54(57)32-46-42-29-45-47(33-52(42)66(53)60(46)58)61(68)63(2)50-26-14-15-27-51(50)64(63)49-25-13-12-24-41(49)59(45)64/h3-27,29-33,56,59H,28H2,1-2H3. The highest BCUT2D eigenvalue weighted by atomic mass is 16.1. The summed E-state index contributed by atoms with van der Waals surface area (Å²) in [5.41, 5.74) is 16.0. The average molecular weight is 885 g/mol. The predicted molar refractivity (Wildman–Crippen MR) is 275 cm³/mol. The molecular formula is C64H40N2O3. The molecule has 0 radical (unpaired) electrons. The fraction of sp³-hybridized carbons (Fsp3) is 0.109. The number of aromatic nitrogens is 2. The molecule has 0 N–H and O–H groups in total. The minimum Gasteiger partial charge on any atom is -0.308 e. The Morgan fingerprint density at radius 1 is 0.493 bits per heavy atom. The number of hydrogen-bond donors (Lipinski definition) is 0. The van der Waals surface area contributed by atoms with Crippen molar-refractivity contribution in [1.82, 2.24) is 8.97 Å². The SMILES string of the molecule is Cc1ccccc1C1c2ccccc2CC(=O)c2cc3c(cc21)c1c2c4ccccc4c(=O)n(-c4ccccc4)c2cc2c4cc5c(cc4n3c21)C(=O)C1(C)c2ccccc2C12c1ccccc1C52. The van der Waals surface area contributed by atoms with E-state index in [1.807, 2.05) is 59.2 Å². The van der Waals surface area contributed by atoms with Gasteiger partial charge in [0, 0.05) is 72.8 Å². The van der Waals surface area contributed by atoms with Crippen molar-refractivity contribution in [2.24, 2.45) is 0 Å². The fourth-order valence-corrected chi connectivity index (χ4v) is 14.6. The Balaban J connectivity index is 1.11. The number of carbonyl (C=O) groups excluding carboxylic acids is 2. The molecule has 0 saturated heterocycles. The molecular weight excluding hydrogens is 845 g/mol. The van der Waals surface area contributed by atoms with Crippen molar-refractivity contribution in [2.45, 2.75) is 42.9 Å². The summed E-state index contributed by atoms with van der Waals surface area (Å²) in [6.07, 6.45) is 0.294. The molecule has 0 amide bonds. The number of aryl methyl sites for hydroxylation is 1. The average Bonchev–Trinajstić information content (AvgIpc) is 3.83. The summed E-state index contributed by atoms with van der Waals surface area (Å²) in [7, 11) is 0. The van der Waals surface area contributed by atoms with Crippen molar-refractivity contribution in [2.75, 3.05) is 0 Å². The van der Waals surface area contributed by atoms with Crippen molar-refractivity contribution >= 4 is 71.3 Å². The first-order valence-corrected chi connectivity index (χ1v) is 24.1. The lowest BCUT2D eigenvalue weighted by Gasteiger charge is -2.69. The van der Waals surface area contributed by atoms with Gasteiger partial charge in [0.2, 0.25) is 0 Å². The molecule has 324 valence electrons. The molecule has 69 heavy (non-hydrogen) atoms. The Hall–Kier alpha value is -8.41. The molecule has 16 rings (SSSR count). The molecule has 0 aliphatic heterocycles. The van der Waals surface area contributed by atoms with Crippen LogP contribution in [0.15, 0.2) is 187 Å². The van der Waals surface area contributed by atoms with Crippen LogP contribution in [-0.2, 0) is 17.3 Å². The van der Waals surface area contributed by atoms with Gasteiger partial charge in [-0.1, -0.05) is 133 Å². The van der Waals surface area contributed by atoms with Gasteiger partial charge in [-0.2, -0.15) is 0 Å². The van der Waals surface area contributed by atoms with Gasteiger partial charge in [0.05, 0.1) is 27.5 Å². The molecule has 3 heterocycles. The van der Waals surface area contributed by atoms with Crippen molar-refractivity contribution in [3.8, 4) is 5.69 Å². The molecule has 9 aromatic carbocycles. The zero-order valence-electron chi connectivity index (χ0n) is 37.8. The molecule has 4 atom stereocenters. The van der Waals surface area contributed by atoms with Gasteiger partial charge in [-0.3, -0.25) is 19.0 Å². The molecule has 0 fully saturated rings. The summed E-state index contributed by atoms with van der Waals surface area (Å²) in [4.78, 5) is 45.8. The second-order valence-electron chi connectivity index (χ2n) is 20.2. The van der Waals surface area contributed by atoms with E-state index in [1.54, 1.807) is 0 Å². The molecule has 5 heteroatoms. The van der Waals surface area contributed by atoms with E-state index in [2.05, 4.69) is 146 Å².